The molecule has 3 aliphatic carbocycles. The Labute approximate surface area is 158 Å². The summed E-state index contributed by atoms with van der Waals surface area (Å²) in [4.78, 5) is 0. The topological polar surface area (TPSA) is 0 Å². The Morgan fingerprint density at radius 3 is 2.00 bits per heavy atom. The van der Waals surface area contributed by atoms with Gasteiger partial charge in [-0.15, -0.1) is 0 Å². The van der Waals surface area contributed by atoms with Gasteiger partial charge in [-0.05, 0) is 36.7 Å². The second-order valence-electron chi connectivity index (χ2n) is 11.5. The van der Waals surface area contributed by atoms with Crippen LogP contribution >= 0.6 is 0 Å². The standard InChI is InChI=1S/C23H38Si2/c1-22(2)12-13-23(3,17-10-11-18(14-17)24(4,5)6)21-16-19(15-20(21)22)25(7,8)9/h11,14-15H,10,12-13,16H2,1-9H3. The SMILES string of the molecule is CC1(C)CCC(C)(C2=CC([Si](C)(C)C)=CC2)C2=C1C=C([Si](C)(C)C)C2. The third-order valence-corrected chi connectivity index (χ3v) is 11.4. The Morgan fingerprint density at radius 1 is 0.840 bits per heavy atom. The van der Waals surface area contributed by atoms with Crippen molar-refractivity contribution in [1.29, 1.82) is 0 Å². The van der Waals surface area contributed by atoms with Crippen molar-refractivity contribution in [2.75, 3.05) is 0 Å². The monoisotopic (exact) mass is 370 g/mol. The fraction of sp³-hybridized carbons (Fsp3) is 0.652. The van der Waals surface area contributed by atoms with Crippen molar-refractivity contribution in [2.24, 2.45) is 10.8 Å². The van der Waals surface area contributed by atoms with Crippen molar-refractivity contribution in [2.45, 2.75) is 85.7 Å². The first-order valence-corrected chi connectivity index (χ1v) is 17.1. The van der Waals surface area contributed by atoms with Crippen LogP contribution in [0, 0.1) is 10.8 Å². The molecule has 0 fully saturated rings. The van der Waals surface area contributed by atoms with Crippen LogP contribution in [-0.4, -0.2) is 16.1 Å². The number of allylic oxidation sites excluding steroid dienone is 8. The Hall–Kier alpha value is -0.606. The molecule has 0 nitrogen and oxygen atoms in total. The van der Waals surface area contributed by atoms with Gasteiger partial charge < -0.3 is 0 Å². The minimum absolute atomic E-state index is 0.292. The van der Waals surface area contributed by atoms with Gasteiger partial charge in [-0.3, -0.25) is 0 Å². The van der Waals surface area contributed by atoms with E-state index in [1.165, 1.54) is 25.7 Å². The van der Waals surface area contributed by atoms with Gasteiger partial charge in [-0.1, -0.05) is 99.8 Å². The van der Waals surface area contributed by atoms with Crippen LogP contribution in [0.25, 0.3) is 0 Å². The minimum Gasteiger partial charge on any atom is -0.0812 e. The van der Waals surface area contributed by atoms with Gasteiger partial charge >= 0.3 is 0 Å². The molecule has 0 saturated carbocycles. The van der Waals surface area contributed by atoms with Gasteiger partial charge in [0.15, 0.2) is 0 Å². The molecule has 0 aromatic heterocycles. The van der Waals surface area contributed by atoms with Crippen molar-refractivity contribution in [3.05, 3.63) is 45.3 Å². The smallest absolute Gasteiger partial charge is 0.0771 e. The summed E-state index contributed by atoms with van der Waals surface area (Å²) in [6.45, 7) is 22.5. The molecule has 3 rings (SSSR count). The van der Waals surface area contributed by atoms with E-state index < -0.39 is 16.1 Å². The van der Waals surface area contributed by atoms with E-state index in [1.54, 1.807) is 27.1 Å². The molecule has 0 spiro atoms. The zero-order valence-electron chi connectivity index (χ0n) is 18.1. The van der Waals surface area contributed by atoms with Crippen molar-refractivity contribution in [1.82, 2.24) is 0 Å². The Morgan fingerprint density at radius 2 is 1.48 bits per heavy atom. The summed E-state index contributed by atoms with van der Waals surface area (Å²) >= 11 is 0. The minimum atomic E-state index is -1.23. The van der Waals surface area contributed by atoms with E-state index in [0.29, 0.717) is 10.8 Å². The first-order valence-electron chi connectivity index (χ1n) is 10.1. The summed E-state index contributed by atoms with van der Waals surface area (Å²) in [6.07, 6.45) is 12.9. The molecule has 2 heteroatoms. The summed E-state index contributed by atoms with van der Waals surface area (Å²) in [5.74, 6) is 0. The van der Waals surface area contributed by atoms with Gasteiger partial charge in [0.25, 0.3) is 0 Å². The predicted octanol–water partition coefficient (Wildman–Crippen LogP) is 7.45. The van der Waals surface area contributed by atoms with Crippen LogP contribution in [0.3, 0.4) is 0 Å². The average Bonchev–Trinajstić information content (AvgIpc) is 3.09. The maximum absolute atomic E-state index is 2.64. The van der Waals surface area contributed by atoms with Crippen LogP contribution in [0.2, 0.25) is 39.3 Å². The van der Waals surface area contributed by atoms with Crippen molar-refractivity contribution in [3.8, 4) is 0 Å². The number of rotatable bonds is 3. The van der Waals surface area contributed by atoms with Crippen LogP contribution in [0.15, 0.2) is 45.3 Å². The Kier molecular flexibility index (Phi) is 4.36. The molecule has 0 amide bonds. The van der Waals surface area contributed by atoms with E-state index in [-0.39, 0.29) is 0 Å². The lowest BCUT2D eigenvalue weighted by atomic mass is 9.60. The highest BCUT2D eigenvalue weighted by atomic mass is 28.3. The molecule has 0 aromatic rings. The summed E-state index contributed by atoms with van der Waals surface area (Å²) in [7, 11) is -2.43. The van der Waals surface area contributed by atoms with Gasteiger partial charge in [-0.25, -0.2) is 0 Å². The Balaban J connectivity index is 2.02. The van der Waals surface area contributed by atoms with E-state index in [1.807, 2.05) is 0 Å². The molecular formula is C23H38Si2. The largest absolute Gasteiger partial charge is 0.0812 e. The van der Waals surface area contributed by atoms with E-state index in [4.69, 9.17) is 0 Å². The van der Waals surface area contributed by atoms with Crippen molar-refractivity contribution >= 4 is 16.1 Å². The van der Waals surface area contributed by atoms with Gasteiger partial charge in [0.2, 0.25) is 0 Å². The molecule has 0 heterocycles. The lowest BCUT2D eigenvalue weighted by Crippen LogP contribution is -2.32. The molecule has 138 valence electrons. The summed E-state index contributed by atoms with van der Waals surface area (Å²) < 4.78 is 0. The van der Waals surface area contributed by atoms with E-state index in [0.717, 1.165) is 0 Å². The summed E-state index contributed by atoms with van der Waals surface area (Å²) in [5.41, 5.74) is 5.82. The summed E-state index contributed by atoms with van der Waals surface area (Å²) in [6, 6.07) is 0. The molecule has 3 aliphatic rings. The second kappa shape index (κ2) is 5.69. The molecule has 0 N–H and O–H groups in total. The van der Waals surface area contributed by atoms with Crippen LogP contribution in [0.4, 0.5) is 0 Å². The molecular weight excluding hydrogens is 332 g/mol. The van der Waals surface area contributed by atoms with Crippen LogP contribution in [-0.2, 0) is 0 Å². The highest BCUT2D eigenvalue weighted by molar-refractivity contribution is 6.84. The highest BCUT2D eigenvalue weighted by Gasteiger charge is 2.46. The van der Waals surface area contributed by atoms with Gasteiger partial charge in [0.1, 0.15) is 0 Å². The maximum Gasteiger partial charge on any atom is 0.0771 e. The Bertz CT molecular complexity index is 714. The van der Waals surface area contributed by atoms with Gasteiger partial charge in [0, 0.05) is 5.41 Å². The van der Waals surface area contributed by atoms with Gasteiger partial charge in [0.05, 0.1) is 16.1 Å². The summed E-state index contributed by atoms with van der Waals surface area (Å²) in [5, 5.41) is 3.45. The first-order chi connectivity index (χ1) is 11.2. The van der Waals surface area contributed by atoms with E-state index in [9.17, 15) is 0 Å². The number of hydrogen-bond acceptors (Lipinski definition) is 0. The molecule has 0 bridgehead atoms. The predicted molar refractivity (Wildman–Crippen MR) is 118 cm³/mol. The van der Waals surface area contributed by atoms with Crippen LogP contribution in [0.5, 0.6) is 0 Å². The third kappa shape index (κ3) is 3.25. The third-order valence-electron chi connectivity index (χ3n) is 7.07. The fourth-order valence-electron chi connectivity index (χ4n) is 4.81. The molecule has 0 radical (unpaired) electrons. The normalized spacial score (nSPS) is 29.4. The van der Waals surface area contributed by atoms with Crippen molar-refractivity contribution < 1.29 is 0 Å². The lowest BCUT2D eigenvalue weighted by Gasteiger charge is -2.44. The molecule has 0 saturated heterocycles. The average molecular weight is 371 g/mol. The molecule has 1 unspecified atom stereocenters. The van der Waals surface area contributed by atoms with Crippen LogP contribution in [0.1, 0.15) is 46.5 Å². The fourth-order valence-corrected chi connectivity index (χ4v) is 7.42. The quantitative estimate of drug-likeness (QED) is 0.452. The molecule has 0 aromatic carbocycles. The zero-order chi connectivity index (χ0) is 18.8. The van der Waals surface area contributed by atoms with Crippen molar-refractivity contribution in [3.63, 3.8) is 0 Å². The zero-order valence-corrected chi connectivity index (χ0v) is 20.1. The molecule has 25 heavy (non-hydrogen) atoms. The molecule has 0 aliphatic heterocycles. The highest BCUT2D eigenvalue weighted by Crippen LogP contribution is 2.59. The van der Waals surface area contributed by atoms with Gasteiger partial charge in [-0.2, -0.15) is 0 Å². The molecule has 1 atom stereocenters. The van der Waals surface area contributed by atoms with Crippen LogP contribution < -0.4 is 0 Å². The lowest BCUT2D eigenvalue weighted by molar-refractivity contribution is 0.279. The second-order valence-corrected chi connectivity index (χ2v) is 21.7. The first kappa shape index (κ1) is 19.2. The number of hydrogen-bond donors (Lipinski definition) is 0. The van der Waals surface area contributed by atoms with E-state index >= 15 is 0 Å². The maximum atomic E-state index is 2.64. The van der Waals surface area contributed by atoms with E-state index in [2.05, 4.69) is 78.3 Å².